The number of methoxy groups -OCH3 is 1. The fourth-order valence-corrected chi connectivity index (χ4v) is 6.03. The van der Waals surface area contributed by atoms with Crippen molar-refractivity contribution in [2.75, 3.05) is 32.5 Å². The van der Waals surface area contributed by atoms with Crippen molar-refractivity contribution in [1.82, 2.24) is 9.88 Å². The number of hydrogen-bond acceptors (Lipinski definition) is 5. The van der Waals surface area contributed by atoms with E-state index in [0.717, 1.165) is 84.6 Å². The Kier molecular flexibility index (Phi) is 9.54. The smallest absolute Gasteiger partial charge is 0.416 e. The predicted molar refractivity (Wildman–Crippen MR) is 144 cm³/mol. The number of thioether (sulfide) groups is 1. The maximum absolute atomic E-state index is 12.7. The van der Waals surface area contributed by atoms with Crippen LogP contribution in [0.5, 0.6) is 5.75 Å². The van der Waals surface area contributed by atoms with Crippen LogP contribution >= 0.6 is 11.8 Å². The highest BCUT2D eigenvalue weighted by molar-refractivity contribution is 7.99. The number of likely N-dealkylation sites (tertiary alicyclic amines) is 1. The number of piperidine rings is 1. The van der Waals surface area contributed by atoms with Crippen molar-refractivity contribution >= 4 is 28.6 Å². The van der Waals surface area contributed by atoms with Crippen LogP contribution < -0.4 is 4.74 Å². The van der Waals surface area contributed by atoms with Crippen molar-refractivity contribution in [3.05, 3.63) is 65.9 Å². The number of rotatable bonds is 11. The number of nitrogens with zero attached hydrogens (tertiary/aromatic N) is 2. The van der Waals surface area contributed by atoms with Crippen LogP contribution in [-0.4, -0.2) is 53.5 Å². The zero-order valence-corrected chi connectivity index (χ0v) is 22.2. The van der Waals surface area contributed by atoms with Gasteiger partial charge in [-0.25, -0.2) is 0 Å². The summed E-state index contributed by atoms with van der Waals surface area (Å²) in [6, 6.07) is 13.1. The first kappa shape index (κ1) is 28.2. The van der Waals surface area contributed by atoms with Crippen molar-refractivity contribution in [2.24, 2.45) is 11.8 Å². The summed E-state index contributed by atoms with van der Waals surface area (Å²) in [5.74, 6) is 0.586. The molecule has 0 saturated carbocycles. The number of aliphatic carboxylic acids is 1. The number of aryl methyl sites for hydroxylation is 1. The van der Waals surface area contributed by atoms with Gasteiger partial charge in [-0.05, 0) is 111 Å². The average Bonchev–Trinajstić information content (AvgIpc) is 2.91. The highest BCUT2D eigenvalue weighted by Gasteiger charge is 2.33. The summed E-state index contributed by atoms with van der Waals surface area (Å²) >= 11 is 1.53. The molecule has 1 fully saturated rings. The highest BCUT2D eigenvalue weighted by Crippen LogP contribution is 2.32. The van der Waals surface area contributed by atoms with Crippen molar-refractivity contribution in [1.29, 1.82) is 0 Å². The van der Waals surface area contributed by atoms with Crippen molar-refractivity contribution < 1.29 is 27.8 Å². The maximum atomic E-state index is 12.7. The van der Waals surface area contributed by atoms with Crippen molar-refractivity contribution in [3.63, 3.8) is 0 Å². The molecule has 0 aliphatic carbocycles. The molecule has 1 aliphatic rings. The second-order valence-electron chi connectivity index (χ2n) is 9.76. The SMILES string of the molecule is COc1ccc2nccc(CCC[C@@H]3CCN(CCCSc4ccc(C(F)(F)F)cc4)C[C@@H]3C(=O)O)c2c1. The molecule has 2 atom stereocenters. The first-order valence-electron chi connectivity index (χ1n) is 12.9. The number of ether oxygens (including phenoxy) is 1. The number of carbonyl (C=O) groups is 1. The van der Waals surface area contributed by atoms with Crippen LogP contribution in [0.1, 0.15) is 36.8 Å². The van der Waals surface area contributed by atoms with E-state index >= 15 is 0 Å². The maximum Gasteiger partial charge on any atom is 0.416 e. The van der Waals surface area contributed by atoms with E-state index in [1.807, 2.05) is 30.5 Å². The van der Waals surface area contributed by atoms with Gasteiger partial charge in [0.2, 0.25) is 0 Å². The lowest BCUT2D eigenvalue weighted by molar-refractivity contribution is -0.146. The van der Waals surface area contributed by atoms with Gasteiger partial charge in [0.15, 0.2) is 0 Å². The molecule has 1 N–H and O–H groups in total. The van der Waals surface area contributed by atoms with Gasteiger partial charge in [-0.15, -0.1) is 11.8 Å². The number of aromatic nitrogens is 1. The third-order valence-corrected chi connectivity index (χ3v) is 8.38. The molecule has 4 rings (SSSR count). The van der Waals surface area contributed by atoms with E-state index in [1.165, 1.54) is 29.5 Å². The number of halogens is 3. The van der Waals surface area contributed by atoms with E-state index in [4.69, 9.17) is 4.74 Å². The summed E-state index contributed by atoms with van der Waals surface area (Å²) in [5, 5.41) is 11.0. The molecule has 0 spiro atoms. The molecule has 0 bridgehead atoms. The normalized spacial score (nSPS) is 18.5. The molecule has 2 heterocycles. The van der Waals surface area contributed by atoms with Crippen LogP contribution in [0.15, 0.2) is 59.6 Å². The minimum absolute atomic E-state index is 0.146. The largest absolute Gasteiger partial charge is 0.497 e. The fourth-order valence-electron chi connectivity index (χ4n) is 5.20. The van der Waals surface area contributed by atoms with E-state index in [9.17, 15) is 23.1 Å². The van der Waals surface area contributed by atoms with Gasteiger partial charge in [0.05, 0.1) is 24.1 Å². The van der Waals surface area contributed by atoms with Gasteiger partial charge in [0.25, 0.3) is 0 Å². The summed E-state index contributed by atoms with van der Waals surface area (Å²) in [4.78, 5) is 19.5. The van der Waals surface area contributed by atoms with Gasteiger partial charge < -0.3 is 14.7 Å². The summed E-state index contributed by atoms with van der Waals surface area (Å²) < 4.78 is 43.5. The summed E-state index contributed by atoms with van der Waals surface area (Å²) in [6.07, 6.45) is 1.84. The van der Waals surface area contributed by atoms with E-state index in [-0.39, 0.29) is 11.8 Å². The summed E-state index contributed by atoms with van der Waals surface area (Å²) in [5.41, 5.74) is 1.49. The number of hydrogen-bond donors (Lipinski definition) is 1. The molecular weight excluding hydrogens is 513 g/mol. The Balaban J connectivity index is 1.23. The molecule has 9 heteroatoms. The molecule has 1 aromatic heterocycles. The van der Waals surface area contributed by atoms with Crippen LogP contribution in [-0.2, 0) is 17.4 Å². The first-order chi connectivity index (χ1) is 18.2. The predicted octanol–water partition coefficient (Wildman–Crippen LogP) is 6.79. The number of carboxylic acid groups (broad SMARTS) is 1. The fraction of sp³-hybridized carbons (Fsp3) is 0.448. The topological polar surface area (TPSA) is 62.7 Å². The monoisotopic (exact) mass is 546 g/mol. The minimum Gasteiger partial charge on any atom is -0.497 e. The Morgan fingerprint density at radius 2 is 1.95 bits per heavy atom. The number of fused-ring (bicyclic) bond motifs is 1. The zero-order chi connectivity index (χ0) is 27.1. The number of benzene rings is 2. The molecule has 204 valence electrons. The Morgan fingerprint density at radius 3 is 2.66 bits per heavy atom. The van der Waals surface area contributed by atoms with Crippen LogP contribution in [0, 0.1) is 11.8 Å². The van der Waals surface area contributed by atoms with Crippen molar-refractivity contribution in [2.45, 2.75) is 43.2 Å². The van der Waals surface area contributed by atoms with E-state index < -0.39 is 17.7 Å². The lowest BCUT2D eigenvalue weighted by Gasteiger charge is -2.36. The summed E-state index contributed by atoms with van der Waals surface area (Å²) in [6.45, 7) is 2.20. The quantitative estimate of drug-likeness (QED) is 0.211. The Bertz CT molecular complexity index is 1220. The molecule has 2 aromatic carbocycles. The molecule has 0 radical (unpaired) electrons. The number of carboxylic acids is 1. The van der Waals surface area contributed by atoms with Gasteiger partial charge in [-0.3, -0.25) is 9.78 Å². The average molecular weight is 547 g/mol. The number of pyridine rings is 1. The Hall–Kier alpha value is -2.78. The second-order valence-corrected chi connectivity index (χ2v) is 10.9. The molecular formula is C29H33F3N2O3S. The number of alkyl halides is 3. The third kappa shape index (κ3) is 7.41. The zero-order valence-electron chi connectivity index (χ0n) is 21.4. The molecule has 3 aromatic rings. The van der Waals surface area contributed by atoms with Gasteiger partial charge in [0.1, 0.15) is 5.75 Å². The minimum atomic E-state index is -4.32. The molecule has 38 heavy (non-hydrogen) atoms. The van der Waals surface area contributed by atoms with Gasteiger partial charge in [-0.1, -0.05) is 0 Å². The standard InChI is InChI=1S/C29H33F3N2O3S/c1-37-23-8-11-27-25(18-23)20(12-14-33-27)4-2-5-21-13-16-34(19-26(21)28(35)36)15-3-17-38-24-9-6-22(7-10-24)29(30,31)32/h6-12,14,18,21,26H,2-5,13,15-17,19H2,1H3,(H,35,36)/t21-,26+/m1/s1. The van der Waals surface area contributed by atoms with E-state index in [1.54, 1.807) is 7.11 Å². The first-order valence-corrected chi connectivity index (χ1v) is 13.9. The van der Waals surface area contributed by atoms with Crippen LogP contribution in [0.3, 0.4) is 0 Å². The van der Waals surface area contributed by atoms with Gasteiger partial charge >= 0.3 is 12.1 Å². The highest BCUT2D eigenvalue weighted by atomic mass is 32.2. The van der Waals surface area contributed by atoms with Crippen LogP contribution in [0.4, 0.5) is 13.2 Å². The lowest BCUT2D eigenvalue weighted by atomic mass is 9.81. The Labute approximate surface area is 225 Å². The molecule has 1 aliphatic heterocycles. The summed E-state index contributed by atoms with van der Waals surface area (Å²) in [7, 11) is 1.65. The van der Waals surface area contributed by atoms with Crippen LogP contribution in [0.25, 0.3) is 10.9 Å². The van der Waals surface area contributed by atoms with E-state index in [0.29, 0.717) is 6.54 Å². The molecule has 0 unspecified atom stereocenters. The molecule has 5 nitrogen and oxygen atoms in total. The van der Waals surface area contributed by atoms with E-state index in [2.05, 4.69) is 9.88 Å². The second kappa shape index (κ2) is 12.8. The van der Waals surface area contributed by atoms with Gasteiger partial charge in [-0.2, -0.15) is 13.2 Å². The lowest BCUT2D eigenvalue weighted by Crippen LogP contribution is -2.44. The molecule has 1 saturated heterocycles. The Morgan fingerprint density at radius 1 is 1.16 bits per heavy atom. The van der Waals surface area contributed by atoms with Crippen molar-refractivity contribution in [3.8, 4) is 5.75 Å². The van der Waals surface area contributed by atoms with Gasteiger partial charge in [0, 0.05) is 23.0 Å². The molecule has 0 amide bonds. The van der Waals surface area contributed by atoms with Crippen LogP contribution in [0.2, 0.25) is 0 Å². The third-order valence-electron chi connectivity index (χ3n) is 7.29.